The van der Waals surface area contributed by atoms with Crippen LogP contribution in [0.2, 0.25) is 0 Å². The van der Waals surface area contributed by atoms with Crippen LogP contribution in [-0.2, 0) is 28.5 Å². The van der Waals surface area contributed by atoms with Gasteiger partial charge in [-0.2, -0.15) is 0 Å². The molecule has 0 bridgehead atoms. The molecule has 1 aliphatic rings. The van der Waals surface area contributed by atoms with Gasteiger partial charge >= 0.3 is 12.1 Å². The molecule has 2 aromatic carbocycles. The number of alkyl carbamates (subject to hydrolysis) is 1. The van der Waals surface area contributed by atoms with Crippen LogP contribution in [0.15, 0.2) is 48.5 Å². The Morgan fingerprint density at radius 3 is 1.89 bits per heavy atom. The van der Waals surface area contributed by atoms with Crippen molar-refractivity contribution in [2.75, 3.05) is 59.4 Å². The zero-order valence-electron chi connectivity index (χ0n) is 20.3. The third-order valence-electron chi connectivity index (χ3n) is 5.55. The van der Waals surface area contributed by atoms with Crippen molar-refractivity contribution in [3.05, 3.63) is 59.7 Å². The van der Waals surface area contributed by atoms with Crippen LogP contribution in [0.3, 0.4) is 0 Å². The van der Waals surface area contributed by atoms with Gasteiger partial charge in [0.1, 0.15) is 13.2 Å². The van der Waals surface area contributed by atoms with Crippen LogP contribution in [0.5, 0.6) is 0 Å². The van der Waals surface area contributed by atoms with E-state index < -0.39 is 6.09 Å². The van der Waals surface area contributed by atoms with Crippen LogP contribution < -0.4 is 5.32 Å². The van der Waals surface area contributed by atoms with Gasteiger partial charge in [0, 0.05) is 18.9 Å². The van der Waals surface area contributed by atoms with Gasteiger partial charge in [-0.3, -0.25) is 4.79 Å². The van der Waals surface area contributed by atoms with Crippen LogP contribution in [0, 0.1) is 0 Å². The van der Waals surface area contributed by atoms with Crippen molar-refractivity contribution in [2.24, 2.45) is 0 Å². The molecule has 8 nitrogen and oxygen atoms in total. The van der Waals surface area contributed by atoms with Gasteiger partial charge in [0.2, 0.25) is 0 Å². The van der Waals surface area contributed by atoms with Gasteiger partial charge in [0.25, 0.3) is 0 Å². The van der Waals surface area contributed by atoms with E-state index in [1.54, 1.807) is 0 Å². The lowest BCUT2D eigenvalue weighted by Crippen LogP contribution is -2.29. The molecule has 35 heavy (non-hydrogen) atoms. The maximum atomic E-state index is 12.1. The Morgan fingerprint density at radius 2 is 1.29 bits per heavy atom. The van der Waals surface area contributed by atoms with Crippen LogP contribution in [0.25, 0.3) is 11.1 Å². The second-order valence-electron chi connectivity index (χ2n) is 8.06. The zero-order valence-corrected chi connectivity index (χ0v) is 20.3. The van der Waals surface area contributed by atoms with Crippen molar-refractivity contribution < 1.29 is 33.3 Å². The Hall–Kier alpha value is -2.94. The van der Waals surface area contributed by atoms with Crippen molar-refractivity contribution in [1.82, 2.24) is 5.32 Å². The SMILES string of the molecule is CCCC(=O)OCCOCCOCCOCCNC(=O)OCC1c2ccccc2-c2ccccc21. The quantitative estimate of drug-likeness (QED) is 0.285. The number of hydrogen-bond donors (Lipinski definition) is 1. The van der Waals surface area contributed by atoms with Crippen LogP contribution in [0.1, 0.15) is 36.8 Å². The molecule has 0 heterocycles. The van der Waals surface area contributed by atoms with Gasteiger partial charge in [0.05, 0.1) is 39.6 Å². The molecule has 0 saturated carbocycles. The van der Waals surface area contributed by atoms with E-state index in [0.29, 0.717) is 52.6 Å². The molecule has 3 rings (SSSR count). The minimum Gasteiger partial charge on any atom is -0.463 e. The predicted octanol–water partition coefficient (Wildman–Crippen LogP) is 3.92. The van der Waals surface area contributed by atoms with Crippen molar-refractivity contribution >= 4 is 12.1 Å². The lowest BCUT2D eigenvalue weighted by molar-refractivity contribution is -0.145. The summed E-state index contributed by atoms with van der Waals surface area (Å²) in [6, 6.07) is 16.5. The summed E-state index contributed by atoms with van der Waals surface area (Å²) in [5, 5.41) is 2.72. The summed E-state index contributed by atoms with van der Waals surface area (Å²) in [4.78, 5) is 23.3. The van der Waals surface area contributed by atoms with E-state index in [1.165, 1.54) is 22.3 Å². The molecule has 0 fully saturated rings. The fourth-order valence-electron chi connectivity index (χ4n) is 3.91. The molecule has 1 aliphatic carbocycles. The van der Waals surface area contributed by atoms with Gasteiger partial charge in [-0.15, -0.1) is 0 Å². The first-order valence-electron chi connectivity index (χ1n) is 12.2. The summed E-state index contributed by atoms with van der Waals surface area (Å²) in [6.07, 6.45) is 0.759. The number of fused-ring (bicyclic) bond motifs is 3. The molecule has 0 radical (unpaired) electrons. The lowest BCUT2D eigenvalue weighted by Gasteiger charge is -2.14. The minimum atomic E-state index is -0.454. The predicted molar refractivity (Wildman–Crippen MR) is 131 cm³/mol. The Kier molecular flexibility index (Phi) is 11.5. The highest BCUT2D eigenvalue weighted by Crippen LogP contribution is 2.44. The second-order valence-corrected chi connectivity index (χ2v) is 8.06. The smallest absolute Gasteiger partial charge is 0.407 e. The average Bonchev–Trinajstić information content (AvgIpc) is 3.19. The summed E-state index contributed by atoms with van der Waals surface area (Å²) >= 11 is 0. The van der Waals surface area contributed by atoms with Crippen LogP contribution in [0.4, 0.5) is 4.79 Å². The van der Waals surface area contributed by atoms with Gasteiger partial charge in [0.15, 0.2) is 0 Å². The van der Waals surface area contributed by atoms with E-state index in [1.807, 2.05) is 31.2 Å². The molecule has 1 amide bonds. The van der Waals surface area contributed by atoms with Gasteiger partial charge in [-0.1, -0.05) is 55.5 Å². The first-order chi connectivity index (χ1) is 17.2. The monoisotopic (exact) mass is 485 g/mol. The van der Waals surface area contributed by atoms with E-state index >= 15 is 0 Å². The standard InChI is InChI=1S/C27H35NO7/c1-2-7-26(29)34-19-18-33-17-16-32-15-14-31-13-12-28-27(30)35-20-25-23-10-5-3-8-21(23)22-9-4-6-11-24(22)25/h3-6,8-11,25H,2,7,12-20H2,1H3,(H,28,30). The first-order valence-corrected chi connectivity index (χ1v) is 12.2. The van der Waals surface area contributed by atoms with Crippen LogP contribution >= 0.6 is 0 Å². The fraction of sp³-hybridized carbons (Fsp3) is 0.481. The minimum absolute atomic E-state index is 0.0432. The van der Waals surface area contributed by atoms with E-state index in [9.17, 15) is 9.59 Å². The van der Waals surface area contributed by atoms with E-state index in [4.69, 9.17) is 23.7 Å². The van der Waals surface area contributed by atoms with E-state index in [2.05, 4.69) is 29.6 Å². The molecular weight excluding hydrogens is 450 g/mol. The highest BCUT2D eigenvalue weighted by Gasteiger charge is 2.28. The highest BCUT2D eigenvalue weighted by atomic mass is 16.6. The second kappa shape index (κ2) is 15.1. The van der Waals surface area contributed by atoms with E-state index in [0.717, 1.165) is 6.42 Å². The van der Waals surface area contributed by atoms with Crippen molar-refractivity contribution in [3.63, 3.8) is 0 Å². The number of benzene rings is 2. The third-order valence-corrected chi connectivity index (χ3v) is 5.55. The third kappa shape index (κ3) is 8.65. The first kappa shape index (κ1) is 26.7. The zero-order chi connectivity index (χ0) is 24.7. The summed E-state index contributed by atoms with van der Waals surface area (Å²) in [5.74, 6) is -0.154. The fourth-order valence-corrected chi connectivity index (χ4v) is 3.91. The highest BCUT2D eigenvalue weighted by molar-refractivity contribution is 5.79. The summed E-state index contributed by atoms with van der Waals surface area (Å²) < 4.78 is 26.7. The largest absolute Gasteiger partial charge is 0.463 e. The van der Waals surface area contributed by atoms with Crippen molar-refractivity contribution in [3.8, 4) is 11.1 Å². The average molecular weight is 486 g/mol. The Labute approximate surface area is 206 Å². The topological polar surface area (TPSA) is 92.3 Å². The van der Waals surface area contributed by atoms with E-state index in [-0.39, 0.29) is 25.1 Å². The number of carbonyl (C=O) groups excluding carboxylic acids is 2. The van der Waals surface area contributed by atoms with Gasteiger partial charge in [-0.25, -0.2) is 4.79 Å². The molecule has 0 aliphatic heterocycles. The van der Waals surface area contributed by atoms with Crippen molar-refractivity contribution in [2.45, 2.75) is 25.7 Å². The Morgan fingerprint density at radius 1 is 0.743 bits per heavy atom. The molecule has 190 valence electrons. The maximum absolute atomic E-state index is 12.1. The normalized spacial score (nSPS) is 12.1. The summed E-state index contributed by atoms with van der Waals surface area (Å²) in [6.45, 7) is 5.27. The number of hydrogen-bond acceptors (Lipinski definition) is 7. The number of amides is 1. The van der Waals surface area contributed by atoms with Crippen LogP contribution in [-0.4, -0.2) is 71.5 Å². The number of ether oxygens (including phenoxy) is 5. The van der Waals surface area contributed by atoms with Gasteiger partial charge < -0.3 is 29.0 Å². The molecule has 0 saturated heterocycles. The molecule has 0 aromatic heterocycles. The van der Waals surface area contributed by atoms with Gasteiger partial charge in [-0.05, 0) is 28.7 Å². The molecule has 2 aromatic rings. The Balaban J connectivity index is 1.18. The summed E-state index contributed by atoms with van der Waals surface area (Å²) in [7, 11) is 0. The number of carbonyl (C=O) groups is 2. The Bertz CT molecular complexity index is 888. The number of esters is 1. The number of nitrogens with one attached hydrogen (secondary N) is 1. The molecule has 8 heteroatoms. The van der Waals surface area contributed by atoms with Crippen molar-refractivity contribution in [1.29, 1.82) is 0 Å². The molecule has 0 spiro atoms. The number of rotatable bonds is 16. The lowest BCUT2D eigenvalue weighted by atomic mass is 9.98. The summed E-state index contributed by atoms with van der Waals surface area (Å²) in [5.41, 5.74) is 4.77. The molecule has 0 atom stereocenters. The molecule has 0 unspecified atom stereocenters. The molecule has 1 N–H and O–H groups in total. The molecular formula is C27H35NO7. The maximum Gasteiger partial charge on any atom is 0.407 e.